The van der Waals surface area contributed by atoms with Crippen molar-refractivity contribution in [3.05, 3.63) is 21.3 Å². The maximum Gasteiger partial charge on any atom is 0.0931 e. The lowest BCUT2D eigenvalue weighted by molar-refractivity contribution is 0.388. The fourth-order valence-corrected chi connectivity index (χ4v) is 2.87. The minimum Gasteiger partial charge on any atom is -0.310 e. The van der Waals surface area contributed by atoms with Gasteiger partial charge < -0.3 is 5.32 Å². The van der Waals surface area contributed by atoms with Crippen LogP contribution in [0.1, 0.15) is 31.0 Å². The summed E-state index contributed by atoms with van der Waals surface area (Å²) in [6, 6.07) is 3.88. The van der Waals surface area contributed by atoms with E-state index in [2.05, 4.69) is 26.1 Å². The Labute approximate surface area is 99.4 Å². The molecule has 0 saturated heterocycles. The van der Waals surface area contributed by atoms with Crippen LogP contribution in [-0.4, -0.2) is 12.1 Å². The van der Waals surface area contributed by atoms with Crippen LogP contribution in [0, 0.1) is 0 Å². The number of thiophene rings is 1. The monoisotopic (exact) mass is 251 g/mol. The van der Waals surface area contributed by atoms with Crippen molar-refractivity contribution in [1.82, 2.24) is 5.32 Å². The Morgan fingerprint density at radius 1 is 1.50 bits per heavy atom. The molecule has 1 aromatic rings. The Morgan fingerprint density at radius 2 is 2.14 bits per heavy atom. The summed E-state index contributed by atoms with van der Waals surface area (Å²) in [4.78, 5) is 1.11. The van der Waals surface area contributed by atoms with E-state index in [1.165, 1.54) is 0 Å². The lowest BCUT2D eigenvalue weighted by Gasteiger charge is -2.30. The van der Waals surface area contributed by atoms with Gasteiger partial charge in [-0.15, -0.1) is 22.9 Å². The van der Waals surface area contributed by atoms with E-state index < -0.39 is 0 Å². The largest absolute Gasteiger partial charge is 0.310 e. The van der Waals surface area contributed by atoms with Crippen LogP contribution in [0.3, 0.4) is 0 Å². The van der Waals surface area contributed by atoms with Crippen molar-refractivity contribution in [2.45, 2.75) is 31.7 Å². The van der Waals surface area contributed by atoms with Gasteiger partial charge >= 0.3 is 0 Å². The number of hydrogen-bond donors (Lipinski definition) is 1. The fourth-order valence-electron chi connectivity index (χ4n) is 1.37. The van der Waals surface area contributed by atoms with Crippen LogP contribution in [0.2, 0.25) is 4.34 Å². The molecule has 1 rings (SSSR count). The van der Waals surface area contributed by atoms with Gasteiger partial charge in [-0.3, -0.25) is 0 Å². The SMILES string of the molecule is CCNC(C)(C)C(Cl)c1ccc(Cl)s1. The zero-order valence-corrected chi connectivity index (χ0v) is 10.9. The summed E-state index contributed by atoms with van der Waals surface area (Å²) >= 11 is 13.8. The van der Waals surface area contributed by atoms with E-state index in [1.54, 1.807) is 11.3 Å². The molecular formula is C10H15Cl2NS. The Hall–Kier alpha value is 0.240. The van der Waals surface area contributed by atoms with Crippen LogP contribution in [-0.2, 0) is 0 Å². The number of alkyl halides is 1. The lowest BCUT2D eigenvalue weighted by Crippen LogP contribution is -2.42. The standard InChI is InChI=1S/C10H15Cl2NS/c1-4-13-10(2,3)9(12)7-5-6-8(11)14-7/h5-6,9,13H,4H2,1-3H3. The van der Waals surface area contributed by atoms with Crippen molar-refractivity contribution >= 4 is 34.5 Å². The molecule has 0 aromatic carbocycles. The fraction of sp³-hybridized carbons (Fsp3) is 0.600. The summed E-state index contributed by atoms with van der Waals surface area (Å²) in [7, 11) is 0. The predicted octanol–water partition coefficient (Wildman–Crippen LogP) is 4.07. The molecule has 0 aliphatic rings. The summed E-state index contributed by atoms with van der Waals surface area (Å²) in [5, 5.41) is 3.32. The average molecular weight is 252 g/mol. The van der Waals surface area contributed by atoms with Gasteiger partial charge in [0.05, 0.1) is 9.71 Å². The molecule has 1 atom stereocenters. The van der Waals surface area contributed by atoms with Gasteiger partial charge in [-0.2, -0.15) is 0 Å². The van der Waals surface area contributed by atoms with E-state index >= 15 is 0 Å². The molecule has 0 bridgehead atoms. The van der Waals surface area contributed by atoms with Crippen molar-refractivity contribution in [1.29, 1.82) is 0 Å². The van der Waals surface area contributed by atoms with Gasteiger partial charge in [0.1, 0.15) is 0 Å². The van der Waals surface area contributed by atoms with Gasteiger partial charge in [0.2, 0.25) is 0 Å². The van der Waals surface area contributed by atoms with Crippen molar-refractivity contribution < 1.29 is 0 Å². The second-order valence-corrected chi connectivity index (χ2v) is 5.94. The summed E-state index contributed by atoms with van der Waals surface area (Å²) in [5.74, 6) is 0. The third-order valence-electron chi connectivity index (χ3n) is 2.11. The molecule has 1 aromatic heterocycles. The highest BCUT2D eigenvalue weighted by molar-refractivity contribution is 7.16. The van der Waals surface area contributed by atoms with Crippen molar-refractivity contribution in [2.75, 3.05) is 6.54 Å². The lowest BCUT2D eigenvalue weighted by atomic mass is 9.99. The second kappa shape index (κ2) is 4.84. The Bertz CT molecular complexity index is 296. The van der Waals surface area contributed by atoms with E-state index in [1.807, 2.05) is 12.1 Å². The summed E-state index contributed by atoms with van der Waals surface area (Å²) in [6.45, 7) is 7.19. The predicted molar refractivity (Wildman–Crippen MR) is 65.7 cm³/mol. The summed E-state index contributed by atoms with van der Waals surface area (Å²) in [5.41, 5.74) is -0.107. The third kappa shape index (κ3) is 2.86. The zero-order chi connectivity index (χ0) is 10.8. The molecule has 1 unspecified atom stereocenters. The quantitative estimate of drug-likeness (QED) is 0.796. The first kappa shape index (κ1) is 12.3. The van der Waals surface area contributed by atoms with Crippen molar-refractivity contribution in [3.63, 3.8) is 0 Å². The van der Waals surface area contributed by atoms with Gasteiger partial charge in [-0.25, -0.2) is 0 Å². The van der Waals surface area contributed by atoms with Crippen molar-refractivity contribution in [2.24, 2.45) is 0 Å². The molecular weight excluding hydrogens is 237 g/mol. The molecule has 0 fully saturated rings. The van der Waals surface area contributed by atoms with Gasteiger partial charge in [0.25, 0.3) is 0 Å². The number of hydrogen-bond acceptors (Lipinski definition) is 2. The van der Waals surface area contributed by atoms with Gasteiger partial charge in [-0.05, 0) is 32.5 Å². The zero-order valence-electron chi connectivity index (χ0n) is 8.60. The molecule has 0 aliphatic heterocycles. The van der Waals surface area contributed by atoms with E-state index in [0.29, 0.717) is 0 Å². The molecule has 1 nitrogen and oxygen atoms in total. The first-order valence-corrected chi connectivity index (χ1v) is 6.25. The number of likely N-dealkylation sites (N-methyl/N-ethyl adjacent to an activating group) is 1. The minimum atomic E-state index is -0.107. The van der Waals surface area contributed by atoms with E-state index in [-0.39, 0.29) is 10.9 Å². The average Bonchev–Trinajstić information content (AvgIpc) is 2.50. The topological polar surface area (TPSA) is 12.0 Å². The smallest absolute Gasteiger partial charge is 0.0931 e. The Morgan fingerprint density at radius 3 is 2.57 bits per heavy atom. The highest BCUT2D eigenvalue weighted by Gasteiger charge is 2.29. The highest BCUT2D eigenvalue weighted by Crippen LogP contribution is 2.37. The Kier molecular flexibility index (Phi) is 4.26. The molecule has 0 radical (unpaired) electrons. The molecule has 0 saturated carbocycles. The van der Waals surface area contributed by atoms with Crippen LogP contribution in [0.4, 0.5) is 0 Å². The van der Waals surface area contributed by atoms with E-state index in [4.69, 9.17) is 23.2 Å². The van der Waals surface area contributed by atoms with Gasteiger partial charge in [0, 0.05) is 10.4 Å². The van der Waals surface area contributed by atoms with Crippen LogP contribution in [0.25, 0.3) is 0 Å². The van der Waals surface area contributed by atoms with E-state index in [0.717, 1.165) is 15.8 Å². The summed E-state index contributed by atoms with van der Waals surface area (Å²) in [6.07, 6.45) is 0. The Balaban J connectivity index is 2.78. The van der Waals surface area contributed by atoms with Gasteiger partial charge in [0.15, 0.2) is 0 Å². The molecule has 4 heteroatoms. The molecule has 0 aliphatic carbocycles. The van der Waals surface area contributed by atoms with Gasteiger partial charge in [-0.1, -0.05) is 18.5 Å². The van der Waals surface area contributed by atoms with Crippen LogP contribution < -0.4 is 5.32 Å². The second-order valence-electron chi connectivity index (χ2n) is 3.76. The van der Waals surface area contributed by atoms with Crippen LogP contribution >= 0.6 is 34.5 Å². The number of nitrogens with one attached hydrogen (secondary N) is 1. The first-order chi connectivity index (χ1) is 6.47. The van der Waals surface area contributed by atoms with E-state index in [9.17, 15) is 0 Å². The van der Waals surface area contributed by atoms with Crippen LogP contribution in [0.5, 0.6) is 0 Å². The molecule has 80 valence electrons. The first-order valence-electron chi connectivity index (χ1n) is 4.61. The number of rotatable bonds is 4. The molecule has 0 amide bonds. The molecule has 1 heterocycles. The normalized spacial score (nSPS) is 14.4. The maximum atomic E-state index is 6.38. The van der Waals surface area contributed by atoms with Crippen LogP contribution in [0.15, 0.2) is 12.1 Å². The third-order valence-corrected chi connectivity index (χ3v) is 4.32. The molecule has 0 spiro atoms. The summed E-state index contributed by atoms with van der Waals surface area (Å²) < 4.78 is 0.790. The molecule has 14 heavy (non-hydrogen) atoms. The number of halogens is 2. The van der Waals surface area contributed by atoms with Crippen molar-refractivity contribution in [3.8, 4) is 0 Å². The molecule has 1 N–H and O–H groups in total. The highest BCUT2D eigenvalue weighted by atomic mass is 35.5. The minimum absolute atomic E-state index is 0.0417. The maximum absolute atomic E-state index is 6.38.